The van der Waals surface area contributed by atoms with Crippen LogP contribution in [-0.2, 0) is 10.0 Å². The second-order valence-electron chi connectivity index (χ2n) is 4.75. The lowest BCUT2D eigenvalue weighted by Crippen LogP contribution is -2.22. The van der Waals surface area contributed by atoms with Crippen LogP contribution in [0.4, 0.5) is 0 Å². The third-order valence-electron chi connectivity index (χ3n) is 2.98. The predicted octanol–water partition coefficient (Wildman–Crippen LogP) is 3.46. The average molecular weight is 374 g/mol. The lowest BCUT2D eigenvalue weighted by Gasteiger charge is -2.13. The average Bonchev–Trinajstić information content (AvgIpc) is 2.49. The van der Waals surface area contributed by atoms with Crippen molar-refractivity contribution in [2.75, 3.05) is 14.1 Å². The Labute approximate surface area is 144 Å². The summed E-state index contributed by atoms with van der Waals surface area (Å²) < 4.78 is 30.5. The number of carbonyl (C=O) groups excluding carboxylic acids is 1. The van der Waals surface area contributed by atoms with Crippen molar-refractivity contribution < 1.29 is 17.9 Å². The molecule has 0 saturated carbocycles. The zero-order valence-electron chi connectivity index (χ0n) is 12.3. The summed E-state index contributed by atoms with van der Waals surface area (Å²) in [6.45, 7) is 0. The number of para-hydroxylation sites is 1. The van der Waals surface area contributed by atoms with Crippen LogP contribution >= 0.6 is 23.2 Å². The molecule has 0 N–H and O–H groups in total. The lowest BCUT2D eigenvalue weighted by atomic mass is 10.2. The maximum Gasteiger partial charge on any atom is 0.345 e. The number of sulfonamides is 1. The van der Waals surface area contributed by atoms with Crippen molar-refractivity contribution >= 4 is 39.2 Å². The molecular formula is C15H13Cl2NO4S. The molecule has 122 valence electrons. The highest BCUT2D eigenvalue weighted by atomic mass is 35.5. The van der Waals surface area contributed by atoms with E-state index in [0.29, 0.717) is 0 Å². The first-order valence-corrected chi connectivity index (χ1v) is 8.62. The van der Waals surface area contributed by atoms with E-state index in [1.165, 1.54) is 38.4 Å². The molecular weight excluding hydrogens is 361 g/mol. The Morgan fingerprint density at radius 3 is 2.30 bits per heavy atom. The smallest absolute Gasteiger partial charge is 0.345 e. The van der Waals surface area contributed by atoms with Gasteiger partial charge in [-0.15, -0.1) is 0 Å². The van der Waals surface area contributed by atoms with E-state index in [2.05, 4.69) is 0 Å². The molecule has 0 radical (unpaired) electrons. The Balaban J connectivity index is 2.40. The van der Waals surface area contributed by atoms with Crippen molar-refractivity contribution in [3.05, 3.63) is 58.1 Å². The van der Waals surface area contributed by atoms with E-state index >= 15 is 0 Å². The second-order valence-corrected chi connectivity index (χ2v) is 7.72. The van der Waals surface area contributed by atoms with Gasteiger partial charge in [0.25, 0.3) is 0 Å². The molecule has 0 bridgehead atoms. The normalized spacial score (nSPS) is 11.5. The molecule has 2 aromatic rings. The SMILES string of the molecule is CN(C)S(=O)(=O)c1ccc(Cl)c(C(=O)Oc2ccccc2Cl)c1. The Hall–Kier alpha value is -1.60. The van der Waals surface area contributed by atoms with E-state index in [4.69, 9.17) is 27.9 Å². The minimum atomic E-state index is -3.69. The van der Waals surface area contributed by atoms with Crippen molar-refractivity contribution in [2.45, 2.75) is 4.90 Å². The fourth-order valence-corrected chi connectivity index (χ4v) is 3.01. The van der Waals surface area contributed by atoms with E-state index in [1.807, 2.05) is 0 Å². The molecule has 0 unspecified atom stereocenters. The van der Waals surface area contributed by atoms with Crippen molar-refractivity contribution in [1.82, 2.24) is 4.31 Å². The quantitative estimate of drug-likeness (QED) is 0.607. The van der Waals surface area contributed by atoms with Crippen LogP contribution in [0.1, 0.15) is 10.4 Å². The van der Waals surface area contributed by atoms with Crippen LogP contribution in [0.3, 0.4) is 0 Å². The Kier molecular flexibility index (Phi) is 5.31. The van der Waals surface area contributed by atoms with Gasteiger partial charge in [-0.3, -0.25) is 0 Å². The topological polar surface area (TPSA) is 63.7 Å². The van der Waals surface area contributed by atoms with Gasteiger partial charge in [-0.05, 0) is 30.3 Å². The third-order valence-corrected chi connectivity index (χ3v) is 5.43. The monoisotopic (exact) mass is 373 g/mol. The Morgan fingerprint density at radius 1 is 1.04 bits per heavy atom. The molecule has 0 heterocycles. The van der Waals surface area contributed by atoms with Gasteiger partial charge >= 0.3 is 5.97 Å². The summed E-state index contributed by atoms with van der Waals surface area (Å²) in [5.41, 5.74) is -0.0606. The number of hydrogen-bond donors (Lipinski definition) is 0. The maximum absolute atomic E-state index is 12.3. The van der Waals surface area contributed by atoms with Crippen molar-refractivity contribution in [3.63, 3.8) is 0 Å². The van der Waals surface area contributed by atoms with Crippen molar-refractivity contribution in [3.8, 4) is 5.75 Å². The highest BCUT2D eigenvalue weighted by Gasteiger charge is 2.22. The number of carbonyl (C=O) groups is 1. The van der Waals surface area contributed by atoms with Crippen LogP contribution in [0, 0.1) is 0 Å². The van der Waals surface area contributed by atoms with Gasteiger partial charge in [0.15, 0.2) is 0 Å². The zero-order valence-corrected chi connectivity index (χ0v) is 14.6. The number of nitrogens with zero attached hydrogens (tertiary/aromatic N) is 1. The number of esters is 1. The van der Waals surface area contributed by atoms with E-state index in [-0.39, 0.29) is 26.3 Å². The van der Waals surface area contributed by atoms with Crippen LogP contribution < -0.4 is 4.74 Å². The Bertz CT molecular complexity index is 850. The summed E-state index contributed by atoms with van der Waals surface area (Å²) in [5, 5.41) is 0.341. The minimum absolute atomic E-state index is 0.0574. The van der Waals surface area contributed by atoms with Gasteiger partial charge in [0.1, 0.15) is 5.75 Å². The minimum Gasteiger partial charge on any atom is -0.421 e. The first kappa shape index (κ1) is 17.7. The maximum atomic E-state index is 12.3. The molecule has 23 heavy (non-hydrogen) atoms. The van der Waals surface area contributed by atoms with E-state index < -0.39 is 16.0 Å². The van der Waals surface area contributed by atoms with Crippen LogP contribution in [0.25, 0.3) is 0 Å². The molecule has 2 aromatic carbocycles. The van der Waals surface area contributed by atoms with E-state index in [9.17, 15) is 13.2 Å². The van der Waals surface area contributed by atoms with E-state index in [1.54, 1.807) is 18.2 Å². The fraction of sp³-hybridized carbons (Fsp3) is 0.133. The second kappa shape index (κ2) is 6.88. The number of rotatable bonds is 4. The van der Waals surface area contributed by atoms with Gasteiger partial charge in [0, 0.05) is 14.1 Å². The molecule has 5 nitrogen and oxygen atoms in total. The van der Waals surface area contributed by atoms with E-state index in [0.717, 1.165) is 4.31 Å². The van der Waals surface area contributed by atoms with Crippen LogP contribution in [0.5, 0.6) is 5.75 Å². The molecule has 0 saturated heterocycles. The van der Waals surface area contributed by atoms with Crippen molar-refractivity contribution in [1.29, 1.82) is 0 Å². The molecule has 0 fully saturated rings. The molecule has 0 aliphatic carbocycles. The summed E-state index contributed by atoms with van der Waals surface area (Å²) in [4.78, 5) is 12.2. The molecule has 0 aliphatic heterocycles. The standard InChI is InChI=1S/C15H13Cl2NO4S/c1-18(2)23(20,21)10-7-8-12(16)11(9-10)15(19)22-14-6-4-3-5-13(14)17/h3-9H,1-2H3. The fourth-order valence-electron chi connectivity index (χ4n) is 1.71. The number of benzene rings is 2. The first-order valence-electron chi connectivity index (χ1n) is 6.42. The zero-order chi connectivity index (χ0) is 17.2. The summed E-state index contributed by atoms with van der Waals surface area (Å²) in [6.07, 6.45) is 0. The molecule has 0 amide bonds. The van der Waals surface area contributed by atoms with Crippen molar-refractivity contribution in [2.24, 2.45) is 0 Å². The summed E-state index contributed by atoms with van der Waals surface area (Å²) in [5.74, 6) is -0.630. The highest BCUT2D eigenvalue weighted by Crippen LogP contribution is 2.27. The highest BCUT2D eigenvalue weighted by molar-refractivity contribution is 7.89. The number of ether oxygens (including phenoxy) is 1. The molecule has 8 heteroatoms. The Morgan fingerprint density at radius 2 is 1.70 bits per heavy atom. The molecule has 0 aliphatic rings. The van der Waals surface area contributed by atoms with Crippen LogP contribution in [-0.4, -0.2) is 32.8 Å². The molecule has 2 rings (SSSR count). The lowest BCUT2D eigenvalue weighted by molar-refractivity contribution is 0.0735. The summed E-state index contributed by atoms with van der Waals surface area (Å²) in [6, 6.07) is 10.3. The summed E-state index contributed by atoms with van der Waals surface area (Å²) >= 11 is 11.9. The largest absolute Gasteiger partial charge is 0.421 e. The van der Waals surface area contributed by atoms with Gasteiger partial charge in [-0.2, -0.15) is 0 Å². The van der Waals surface area contributed by atoms with Gasteiger partial charge in [0.2, 0.25) is 10.0 Å². The van der Waals surface area contributed by atoms with Gasteiger partial charge in [-0.1, -0.05) is 35.3 Å². The predicted molar refractivity (Wildman–Crippen MR) is 88.7 cm³/mol. The molecule has 0 atom stereocenters. The van der Waals surface area contributed by atoms with Gasteiger partial charge < -0.3 is 4.74 Å². The van der Waals surface area contributed by atoms with Gasteiger partial charge in [0.05, 0.1) is 20.5 Å². The first-order chi connectivity index (χ1) is 10.7. The molecule has 0 spiro atoms. The molecule has 0 aromatic heterocycles. The third kappa shape index (κ3) is 3.84. The van der Waals surface area contributed by atoms with Crippen LogP contribution in [0.2, 0.25) is 10.0 Å². The van der Waals surface area contributed by atoms with Gasteiger partial charge in [-0.25, -0.2) is 17.5 Å². The number of halogens is 2. The summed E-state index contributed by atoms with van der Waals surface area (Å²) in [7, 11) is -0.901. The number of hydrogen-bond acceptors (Lipinski definition) is 4. The van der Waals surface area contributed by atoms with Crippen LogP contribution in [0.15, 0.2) is 47.4 Å².